The minimum atomic E-state index is -0.0774. The SMILES string of the molecule is Cc1cccc(C)c1NC(=O)c1ccccc1CCN. The second kappa shape index (κ2) is 6.35. The first-order valence-electron chi connectivity index (χ1n) is 6.79. The Bertz CT molecular complexity index is 600. The van der Waals surface area contributed by atoms with Crippen molar-refractivity contribution in [3.8, 4) is 0 Å². The van der Waals surface area contributed by atoms with Gasteiger partial charge >= 0.3 is 0 Å². The molecule has 3 heteroatoms. The molecule has 0 bridgehead atoms. The van der Waals surface area contributed by atoms with Gasteiger partial charge in [-0.2, -0.15) is 0 Å². The Kier molecular flexibility index (Phi) is 4.53. The molecule has 1 amide bonds. The maximum Gasteiger partial charge on any atom is 0.255 e. The number of benzene rings is 2. The molecule has 0 aliphatic carbocycles. The van der Waals surface area contributed by atoms with Gasteiger partial charge in [-0.3, -0.25) is 4.79 Å². The Morgan fingerprint density at radius 2 is 1.70 bits per heavy atom. The average Bonchev–Trinajstić information content (AvgIpc) is 2.44. The van der Waals surface area contributed by atoms with E-state index in [1.807, 2.05) is 56.3 Å². The fraction of sp³-hybridized carbons (Fsp3) is 0.235. The molecule has 20 heavy (non-hydrogen) atoms. The number of para-hydroxylation sites is 1. The Balaban J connectivity index is 2.29. The van der Waals surface area contributed by atoms with Crippen molar-refractivity contribution in [1.82, 2.24) is 0 Å². The Morgan fingerprint density at radius 1 is 1.05 bits per heavy atom. The largest absolute Gasteiger partial charge is 0.330 e. The van der Waals surface area contributed by atoms with Gasteiger partial charge in [-0.05, 0) is 49.6 Å². The summed E-state index contributed by atoms with van der Waals surface area (Å²) in [5, 5.41) is 3.01. The number of anilines is 1. The Hall–Kier alpha value is -2.13. The van der Waals surface area contributed by atoms with Gasteiger partial charge in [0.2, 0.25) is 0 Å². The quantitative estimate of drug-likeness (QED) is 0.895. The van der Waals surface area contributed by atoms with Crippen LogP contribution in [0.15, 0.2) is 42.5 Å². The standard InChI is InChI=1S/C17H20N2O/c1-12-6-5-7-13(2)16(12)19-17(20)15-9-4-3-8-14(15)10-11-18/h3-9H,10-11,18H2,1-2H3,(H,19,20). The van der Waals surface area contributed by atoms with E-state index in [2.05, 4.69) is 5.32 Å². The predicted molar refractivity (Wildman–Crippen MR) is 83.1 cm³/mol. The minimum absolute atomic E-state index is 0.0774. The highest BCUT2D eigenvalue weighted by atomic mass is 16.1. The maximum absolute atomic E-state index is 12.5. The van der Waals surface area contributed by atoms with Crippen molar-refractivity contribution in [1.29, 1.82) is 0 Å². The molecule has 2 rings (SSSR count). The van der Waals surface area contributed by atoms with Crippen LogP contribution in [0, 0.1) is 13.8 Å². The molecule has 0 unspecified atom stereocenters. The Morgan fingerprint density at radius 3 is 2.35 bits per heavy atom. The average molecular weight is 268 g/mol. The molecule has 0 saturated carbocycles. The van der Waals surface area contributed by atoms with Crippen LogP contribution in [0.5, 0.6) is 0 Å². The molecule has 0 saturated heterocycles. The first kappa shape index (κ1) is 14.3. The Labute approximate surface area is 119 Å². The van der Waals surface area contributed by atoms with Crippen molar-refractivity contribution in [2.75, 3.05) is 11.9 Å². The zero-order valence-electron chi connectivity index (χ0n) is 11.9. The second-order valence-corrected chi connectivity index (χ2v) is 4.92. The number of aryl methyl sites for hydroxylation is 2. The number of hydrogen-bond donors (Lipinski definition) is 2. The molecule has 2 aromatic carbocycles. The maximum atomic E-state index is 12.5. The number of nitrogens with two attached hydrogens (primary N) is 1. The summed E-state index contributed by atoms with van der Waals surface area (Å²) in [7, 11) is 0. The molecule has 3 N–H and O–H groups in total. The molecule has 0 aromatic heterocycles. The highest BCUT2D eigenvalue weighted by Crippen LogP contribution is 2.21. The molecule has 2 aromatic rings. The lowest BCUT2D eigenvalue weighted by Crippen LogP contribution is -2.17. The highest BCUT2D eigenvalue weighted by molar-refractivity contribution is 6.06. The second-order valence-electron chi connectivity index (χ2n) is 4.92. The van der Waals surface area contributed by atoms with E-state index in [1.54, 1.807) is 0 Å². The van der Waals surface area contributed by atoms with Crippen LogP contribution in [0.2, 0.25) is 0 Å². The van der Waals surface area contributed by atoms with E-state index < -0.39 is 0 Å². The van der Waals surface area contributed by atoms with Crippen LogP contribution < -0.4 is 11.1 Å². The van der Waals surface area contributed by atoms with Gasteiger partial charge in [-0.1, -0.05) is 36.4 Å². The summed E-state index contributed by atoms with van der Waals surface area (Å²) < 4.78 is 0. The lowest BCUT2D eigenvalue weighted by Gasteiger charge is -2.13. The first-order chi connectivity index (χ1) is 9.63. The number of nitrogens with one attached hydrogen (secondary N) is 1. The molecule has 0 radical (unpaired) electrons. The van der Waals surface area contributed by atoms with Crippen molar-refractivity contribution in [2.45, 2.75) is 20.3 Å². The molecule has 0 spiro atoms. The number of hydrogen-bond acceptors (Lipinski definition) is 2. The van der Waals surface area contributed by atoms with Crippen LogP contribution in [0.4, 0.5) is 5.69 Å². The van der Waals surface area contributed by atoms with Gasteiger partial charge in [0.15, 0.2) is 0 Å². The van der Waals surface area contributed by atoms with Crippen LogP contribution >= 0.6 is 0 Å². The lowest BCUT2D eigenvalue weighted by atomic mass is 10.0. The van der Waals surface area contributed by atoms with Crippen LogP contribution in [-0.4, -0.2) is 12.5 Å². The van der Waals surface area contributed by atoms with Crippen molar-refractivity contribution in [3.05, 3.63) is 64.7 Å². The summed E-state index contributed by atoms with van der Waals surface area (Å²) in [5.41, 5.74) is 10.3. The monoisotopic (exact) mass is 268 g/mol. The van der Waals surface area contributed by atoms with E-state index in [1.165, 1.54) is 0 Å². The zero-order chi connectivity index (χ0) is 14.5. The van der Waals surface area contributed by atoms with E-state index in [0.29, 0.717) is 18.5 Å². The topological polar surface area (TPSA) is 55.1 Å². The van der Waals surface area contributed by atoms with E-state index >= 15 is 0 Å². The summed E-state index contributed by atoms with van der Waals surface area (Å²) in [6.45, 7) is 4.52. The first-order valence-corrected chi connectivity index (χ1v) is 6.79. The van der Waals surface area contributed by atoms with E-state index in [0.717, 1.165) is 22.4 Å². The molecule has 104 valence electrons. The molecule has 0 aliphatic rings. The smallest absolute Gasteiger partial charge is 0.255 e. The lowest BCUT2D eigenvalue weighted by molar-refractivity contribution is 0.102. The summed E-state index contributed by atoms with van der Waals surface area (Å²) in [4.78, 5) is 12.5. The molecular formula is C17H20N2O. The highest BCUT2D eigenvalue weighted by Gasteiger charge is 2.12. The summed E-state index contributed by atoms with van der Waals surface area (Å²) in [5.74, 6) is -0.0774. The number of carbonyl (C=O) groups excluding carboxylic acids is 1. The van der Waals surface area contributed by atoms with Crippen molar-refractivity contribution in [2.24, 2.45) is 5.73 Å². The molecule has 0 heterocycles. The van der Waals surface area contributed by atoms with Crippen LogP contribution in [-0.2, 0) is 6.42 Å². The zero-order valence-corrected chi connectivity index (χ0v) is 11.9. The fourth-order valence-electron chi connectivity index (χ4n) is 2.31. The van der Waals surface area contributed by atoms with Crippen molar-refractivity contribution >= 4 is 11.6 Å². The number of amides is 1. The molecule has 0 aliphatic heterocycles. The number of rotatable bonds is 4. The third kappa shape index (κ3) is 3.06. The van der Waals surface area contributed by atoms with Crippen LogP contribution in [0.1, 0.15) is 27.0 Å². The summed E-state index contributed by atoms with van der Waals surface area (Å²) >= 11 is 0. The van der Waals surface area contributed by atoms with Crippen LogP contribution in [0.3, 0.4) is 0 Å². The number of carbonyl (C=O) groups is 1. The summed E-state index contributed by atoms with van der Waals surface area (Å²) in [6, 6.07) is 13.6. The van der Waals surface area contributed by atoms with Gasteiger partial charge in [0.05, 0.1) is 0 Å². The van der Waals surface area contributed by atoms with E-state index in [4.69, 9.17) is 5.73 Å². The van der Waals surface area contributed by atoms with Gasteiger partial charge < -0.3 is 11.1 Å². The molecule has 0 atom stereocenters. The predicted octanol–water partition coefficient (Wildman–Crippen LogP) is 3.06. The fourth-order valence-corrected chi connectivity index (χ4v) is 2.31. The molecule has 3 nitrogen and oxygen atoms in total. The minimum Gasteiger partial charge on any atom is -0.330 e. The van der Waals surface area contributed by atoms with Crippen molar-refractivity contribution < 1.29 is 4.79 Å². The van der Waals surface area contributed by atoms with Gasteiger partial charge in [0.1, 0.15) is 0 Å². The van der Waals surface area contributed by atoms with Crippen molar-refractivity contribution in [3.63, 3.8) is 0 Å². The van der Waals surface area contributed by atoms with E-state index in [9.17, 15) is 4.79 Å². The molecule has 0 fully saturated rings. The van der Waals surface area contributed by atoms with Gasteiger partial charge in [-0.25, -0.2) is 0 Å². The van der Waals surface area contributed by atoms with Gasteiger partial charge in [0.25, 0.3) is 5.91 Å². The third-order valence-electron chi connectivity index (χ3n) is 3.40. The third-order valence-corrected chi connectivity index (χ3v) is 3.40. The van der Waals surface area contributed by atoms with Gasteiger partial charge in [0, 0.05) is 11.3 Å². The van der Waals surface area contributed by atoms with Crippen LogP contribution in [0.25, 0.3) is 0 Å². The normalized spacial score (nSPS) is 10.3. The van der Waals surface area contributed by atoms with E-state index in [-0.39, 0.29) is 5.91 Å². The molecular weight excluding hydrogens is 248 g/mol. The summed E-state index contributed by atoms with van der Waals surface area (Å²) in [6.07, 6.45) is 0.705. The van der Waals surface area contributed by atoms with Gasteiger partial charge in [-0.15, -0.1) is 0 Å².